The Morgan fingerprint density at radius 2 is 2.21 bits per heavy atom. The quantitative estimate of drug-likeness (QED) is 0.894. The third-order valence-electron chi connectivity index (χ3n) is 3.13. The number of thiazole rings is 1. The van der Waals surface area contributed by atoms with E-state index in [0.29, 0.717) is 5.56 Å². The highest BCUT2D eigenvalue weighted by atomic mass is 32.1. The van der Waals surface area contributed by atoms with E-state index in [-0.39, 0.29) is 11.9 Å². The van der Waals surface area contributed by atoms with E-state index < -0.39 is 0 Å². The van der Waals surface area contributed by atoms with Crippen LogP contribution in [0.5, 0.6) is 0 Å². The number of hydrogen-bond donors (Lipinski definition) is 1. The van der Waals surface area contributed by atoms with Crippen LogP contribution in [0.2, 0.25) is 0 Å². The first-order valence-electron chi connectivity index (χ1n) is 6.53. The van der Waals surface area contributed by atoms with Gasteiger partial charge in [-0.2, -0.15) is 0 Å². The molecule has 1 aromatic heterocycles. The van der Waals surface area contributed by atoms with Crippen LogP contribution in [0.15, 0.2) is 24.4 Å². The molecule has 0 aliphatic carbocycles. The van der Waals surface area contributed by atoms with Gasteiger partial charge in [-0.3, -0.25) is 0 Å². The van der Waals surface area contributed by atoms with Crippen molar-refractivity contribution in [2.75, 3.05) is 0 Å². The maximum atomic E-state index is 13.2. The predicted molar refractivity (Wildman–Crippen MR) is 77.9 cm³/mol. The van der Waals surface area contributed by atoms with Gasteiger partial charge in [-0.1, -0.05) is 19.1 Å². The van der Waals surface area contributed by atoms with E-state index >= 15 is 0 Å². The Hall–Kier alpha value is -1.26. The molecule has 102 valence electrons. The van der Waals surface area contributed by atoms with Crippen LogP contribution in [0.3, 0.4) is 0 Å². The van der Waals surface area contributed by atoms with Gasteiger partial charge in [0.2, 0.25) is 0 Å². The highest BCUT2D eigenvalue weighted by Gasteiger charge is 2.09. The summed E-state index contributed by atoms with van der Waals surface area (Å²) in [6.07, 6.45) is 2.97. The largest absolute Gasteiger partial charge is 0.304 e. The molecule has 0 spiro atoms. The second kappa shape index (κ2) is 6.26. The molecule has 0 fully saturated rings. The van der Waals surface area contributed by atoms with Gasteiger partial charge < -0.3 is 5.32 Å². The van der Waals surface area contributed by atoms with Crippen molar-refractivity contribution in [2.24, 2.45) is 0 Å². The number of halogens is 1. The van der Waals surface area contributed by atoms with Crippen molar-refractivity contribution in [2.45, 2.75) is 39.8 Å². The number of hydrogen-bond acceptors (Lipinski definition) is 3. The zero-order valence-electron chi connectivity index (χ0n) is 11.5. The zero-order valence-corrected chi connectivity index (χ0v) is 12.4. The predicted octanol–water partition coefficient (Wildman–Crippen LogP) is 4.00. The van der Waals surface area contributed by atoms with Gasteiger partial charge in [0.1, 0.15) is 10.8 Å². The average Bonchev–Trinajstić information content (AvgIpc) is 2.88. The lowest BCUT2D eigenvalue weighted by Gasteiger charge is -2.11. The van der Waals surface area contributed by atoms with Crippen molar-refractivity contribution in [1.82, 2.24) is 10.3 Å². The summed E-state index contributed by atoms with van der Waals surface area (Å²) in [5.41, 5.74) is 1.78. The van der Waals surface area contributed by atoms with E-state index in [1.165, 1.54) is 10.9 Å². The normalized spacial score (nSPS) is 12.6. The molecule has 0 amide bonds. The van der Waals surface area contributed by atoms with Crippen LogP contribution >= 0.6 is 11.3 Å². The summed E-state index contributed by atoms with van der Waals surface area (Å²) in [6, 6.07) is 5.45. The fourth-order valence-corrected chi connectivity index (χ4v) is 2.75. The Morgan fingerprint density at radius 3 is 2.84 bits per heavy atom. The molecular formula is C15H19FN2S. The lowest BCUT2D eigenvalue weighted by molar-refractivity contribution is 0.569. The summed E-state index contributed by atoms with van der Waals surface area (Å²) in [5.74, 6) is -0.149. The Balaban J connectivity index is 1.95. The summed E-state index contributed by atoms with van der Waals surface area (Å²) < 4.78 is 13.2. The lowest BCUT2D eigenvalue weighted by Crippen LogP contribution is -2.17. The van der Waals surface area contributed by atoms with E-state index in [0.717, 1.165) is 23.5 Å². The maximum Gasteiger partial charge on any atom is 0.126 e. The van der Waals surface area contributed by atoms with Gasteiger partial charge in [-0.05, 0) is 37.5 Å². The van der Waals surface area contributed by atoms with Crippen LogP contribution in [0.4, 0.5) is 4.39 Å². The first kappa shape index (κ1) is 14.2. The summed E-state index contributed by atoms with van der Waals surface area (Å²) in [4.78, 5) is 5.73. The van der Waals surface area contributed by atoms with Crippen LogP contribution in [-0.2, 0) is 13.0 Å². The van der Waals surface area contributed by atoms with Gasteiger partial charge in [0.25, 0.3) is 0 Å². The van der Waals surface area contributed by atoms with Crippen LogP contribution in [0.25, 0.3) is 0 Å². The van der Waals surface area contributed by atoms with E-state index in [9.17, 15) is 4.39 Å². The number of benzene rings is 1. The van der Waals surface area contributed by atoms with Crippen LogP contribution < -0.4 is 5.32 Å². The molecule has 1 atom stereocenters. The molecule has 1 aromatic carbocycles. The first-order valence-corrected chi connectivity index (χ1v) is 7.34. The Morgan fingerprint density at radius 1 is 1.42 bits per heavy atom. The number of aryl methyl sites for hydroxylation is 2. The molecule has 0 saturated heterocycles. The molecule has 2 aromatic rings. The topological polar surface area (TPSA) is 24.9 Å². The van der Waals surface area contributed by atoms with Crippen molar-refractivity contribution in [3.05, 3.63) is 51.2 Å². The van der Waals surface area contributed by atoms with Gasteiger partial charge in [0, 0.05) is 17.6 Å². The molecule has 2 rings (SSSR count). The van der Waals surface area contributed by atoms with Crippen molar-refractivity contribution in [3.8, 4) is 0 Å². The molecule has 0 saturated carbocycles. The SMILES string of the molecule is CCc1cnc(C(C)NCc2ccc(F)c(C)c2)s1. The Bertz CT molecular complexity index is 551. The molecule has 2 nitrogen and oxygen atoms in total. The highest BCUT2D eigenvalue weighted by Crippen LogP contribution is 2.20. The monoisotopic (exact) mass is 278 g/mol. The van der Waals surface area contributed by atoms with Crippen molar-refractivity contribution < 1.29 is 4.39 Å². The number of nitrogens with one attached hydrogen (secondary N) is 1. The molecular weight excluding hydrogens is 259 g/mol. The standard InChI is InChI=1S/C15H19FN2S/c1-4-13-9-18-15(19-13)11(3)17-8-12-5-6-14(16)10(2)7-12/h5-7,9,11,17H,4,8H2,1-3H3. The zero-order chi connectivity index (χ0) is 13.8. The minimum atomic E-state index is -0.149. The van der Waals surface area contributed by atoms with Crippen LogP contribution in [0, 0.1) is 12.7 Å². The summed E-state index contributed by atoms with van der Waals surface area (Å²) in [5, 5.41) is 4.53. The smallest absolute Gasteiger partial charge is 0.126 e. The second-order valence-electron chi connectivity index (χ2n) is 4.70. The van der Waals surface area contributed by atoms with Crippen molar-refractivity contribution in [1.29, 1.82) is 0 Å². The first-order chi connectivity index (χ1) is 9.10. The molecule has 0 radical (unpaired) electrons. The number of rotatable bonds is 5. The maximum absolute atomic E-state index is 13.2. The van der Waals surface area contributed by atoms with Crippen molar-refractivity contribution in [3.63, 3.8) is 0 Å². The molecule has 19 heavy (non-hydrogen) atoms. The summed E-state index contributed by atoms with van der Waals surface area (Å²) in [6.45, 7) is 6.76. The van der Waals surface area contributed by atoms with Gasteiger partial charge in [-0.25, -0.2) is 9.37 Å². The van der Waals surface area contributed by atoms with Gasteiger partial charge >= 0.3 is 0 Å². The summed E-state index contributed by atoms with van der Waals surface area (Å²) >= 11 is 1.75. The summed E-state index contributed by atoms with van der Waals surface area (Å²) in [7, 11) is 0. The van der Waals surface area contributed by atoms with Crippen LogP contribution in [-0.4, -0.2) is 4.98 Å². The molecule has 1 heterocycles. The Kier molecular flexibility index (Phi) is 4.66. The van der Waals surface area contributed by atoms with Gasteiger partial charge in [-0.15, -0.1) is 11.3 Å². The van der Waals surface area contributed by atoms with Gasteiger partial charge in [0.15, 0.2) is 0 Å². The van der Waals surface area contributed by atoms with E-state index in [1.54, 1.807) is 18.3 Å². The van der Waals surface area contributed by atoms with E-state index in [2.05, 4.69) is 24.1 Å². The lowest BCUT2D eigenvalue weighted by atomic mass is 10.1. The van der Waals surface area contributed by atoms with E-state index in [4.69, 9.17) is 0 Å². The third-order valence-corrected chi connectivity index (χ3v) is 4.45. The van der Waals surface area contributed by atoms with Crippen molar-refractivity contribution >= 4 is 11.3 Å². The average molecular weight is 278 g/mol. The molecule has 0 aliphatic rings. The fraction of sp³-hybridized carbons (Fsp3) is 0.400. The van der Waals surface area contributed by atoms with Crippen LogP contribution in [0.1, 0.15) is 40.9 Å². The minimum Gasteiger partial charge on any atom is -0.304 e. The second-order valence-corrected chi connectivity index (χ2v) is 5.85. The van der Waals surface area contributed by atoms with E-state index in [1.807, 2.05) is 18.3 Å². The highest BCUT2D eigenvalue weighted by molar-refractivity contribution is 7.11. The molecule has 1 unspecified atom stereocenters. The molecule has 0 aliphatic heterocycles. The Labute approximate surface area is 117 Å². The fourth-order valence-electron chi connectivity index (χ4n) is 1.86. The number of aromatic nitrogens is 1. The van der Waals surface area contributed by atoms with Gasteiger partial charge in [0.05, 0.1) is 6.04 Å². The minimum absolute atomic E-state index is 0.149. The third kappa shape index (κ3) is 3.61. The molecule has 4 heteroatoms. The molecule has 0 bridgehead atoms. The number of nitrogens with zero attached hydrogens (tertiary/aromatic N) is 1. The molecule has 1 N–H and O–H groups in total.